The van der Waals surface area contributed by atoms with Crippen LogP contribution in [0.5, 0.6) is 5.75 Å². The van der Waals surface area contributed by atoms with Gasteiger partial charge in [-0.3, -0.25) is 0 Å². The average Bonchev–Trinajstić information content (AvgIpc) is 2.64. The van der Waals surface area contributed by atoms with E-state index in [1.165, 1.54) is 12.1 Å². The molecular weight excluding hydrogens is 276 g/mol. The van der Waals surface area contributed by atoms with Crippen molar-refractivity contribution in [1.29, 1.82) is 0 Å². The van der Waals surface area contributed by atoms with Gasteiger partial charge in [-0.05, 0) is 12.1 Å². The van der Waals surface area contributed by atoms with Gasteiger partial charge in [-0.1, -0.05) is 23.8 Å². The molecule has 1 saturated heterocycles. The van der Waals surface area contributed by atoms with Gasteiger partial charge in [0.25, 0.3) is 0 Å². The van der Waals surface area contributed by atoms with Crippen LogP contribution in [0, 0.1) is 5.82 Å². The first-order valence-corrected chi connectivity index (χ1v) is 6.14. The van der Waals surface area contributed by atoms with Gasteiger partial charge in [0.2, 0.25) is 0 Å². The highest BCUT2D eigenvalue weighted by Crippen LogP contribution is 2.27. The molecule has 2 aliphatic rings. The molecule has 2 bridgehead atoms. The van der Waals surface area contributed by atoms with E-state index in [0.29, 0.717) is 17.8 Å². The summed E-state index contributed by atoms with van der Waals surface area (Å²) in [7, 11) is 0. The summed E-state index contributed by atoms with van der Waals surface area (Å²) in [6, 6.07) is 5.38. The van der Waals surface area contributed by atoms with Gasteiger partial charge in [-0.2, -0.15) is 0 Å². The van der Waals surface area contributed by atoms with Crippen LogP contribution in [0.1, 0.15) is 12.8 Å². The summed E-state index contributed by atoms with van der Waals surface area (Å²) in [5.74, 6) is 0.123. The Bertz CT molecular complexity index is 452. The van der Waals surface area contributed by atoms with Crippen LogP contribution in [-0.4, -0.2) is 18.2 Å². The van der Waals surface area contributed by atoms with E-state index in [9.17, 15) is 4.39 Å². The molecule has 2 nitrogen and oxygen atoms in total. The summed E-state index contributed by atoms with van der Waals surface area (Å²) in [6.07, 6.45) is 6.35. The van der Waals surface area contributed by atoms with Crippen molar-refractivity contribution in [2.75, 3.05) is 0 Å². The van der Waals surface area contributed by atoms with E-state index in [2.05, 4.69) is 17.5 Å². The van der Waals surface area contributed by atoms with Crippen molar-refractivity contribution < 1.29 is 9.13 Å². The molecule has 3 atom stereocenters. The lowest BCUT2D eigenvalue weighted by Crippen LogP contribution is -2.43. The predicted octanol–water partition coefficient (Wildman–Crippen LogP) is 3.34. The molecule has 0 saturated carbocycles. The molecule has 3 rings (SSSR count). The number of hydrogen-bond donors (Lipinski definition) is 1. The van der Waals surface area contributed by atoms with Gasteiger partial charge in [0.1, 0.15) is 17.7 Å². The van der Waals surface area contributed by atoms with Crippen molar-refractivity contribution in [2.45, 2.75) is 31.0 Å². The summed E-state index contributed by atoms with van der Waals surface area (Å²) < 4.78 is 19.1. The van der Waals surface area contributed by atoms with Gasteiger partial charge in [0.05, 0.1) is 5.02 Å². The molecule has 0 unspecified atom stereocenters. The van der Waals surface area contributed by atoms with Crippen LogP contribution in [0.2, 0.25) is 5.02 Å². The molecule has 1 aromatic carbocycles. The largest absolute Gasteiger partial charge is 0.490 e. The Morgan fingerprint density at radius 2 is 1.89 bits per heavy atom. The van der Waals surface area contributed by atoms with Crippen LogP contribution in [0.15, 0.2) is 30.4 Å². The van der Waals surface area contributed by atoms with Gasteiger partial charge >= 0.3 is 0 Å². The molecule has 0 spiro atoms. The van der Waals surface area contributed by atoms with Crippen LogP contribution >= 0.6 is 24.0 Å². The molecule has 1 N–H and O–H groups in total. The highest BCUT2D eigenvalue weighted by molar-refractivity contribution is 6.30. The number of benzene rings is 1. The highest BCUT2D eigenvalue weighted by atomic mass is 35.5. The zero-order chi connectivity index (χ0) is 11.8. The predicted molar refractivity (Wildman–Crippen MR) is 72.2 cm³/mol. The first kappa shape index (κ1) is 13.7. The maximum atomic E-state index is 13.3. The van der Waals surface area contributed by atoms with Crippen molar-refractivity contribution >= 4 is 24.0 Å². The molecule has 2 aliphatic heterocycles. The lowest BCUT2D eigenvalue weighted by atomic mass is 10.0. The monoisotopic (exact) mass is 289 g/mol. The van der Waals surface area contributed by atoms with Gasteiger partial charge in [-0.25, -0.2) is 4.39 Å². The van der Waals surface area contributed by atoms with E-state index in [-0.39, 0.29) is 23.5 Å². The lowest BCUT2D eigenvalue weighted by molar-refractivity contribution is 0.142. The fourth-order valence-electron chi connectivity index (χ4n) is 2.45. The number of nitrogens with one attached hydrogen (secondary N) is 1. The molecule has 98 valence electrons. The summed E-state index contributed by atoms with van der Waals surface area (Å²) in [6.45, 7) is 0. The zero-order valence-corrected chi connectivity index (χ0v) is 11.2. The number of fused-ring (bicyclic) bond motifs is 2. The minimum absolute atomic E-state index is 0. The van der Waals surface area contributed by atoms with Crippen LogP contribution in [0.25, 0.3) is 0 Å². The topological polar surface area (TPSA) is 21.3 Å². The molecular formula is C13H14Cl2FNO. The number of halogens is 3. The van der Waals surface area contributed by atoms with Gasteiger partial charge in [-0.15, -0.1) is 12.4 Å². The maximum absolute atomic E-state index is 13.3. The minimum atomic E-state index is -0.431. The van der Waals surface area contributed by atoms with Gasteiger partial charge in [0, 0.05) is 31.0 Å². The molecule has 1 aromatic rings. The number of rotatable bonds is 2. The Hall–Kier alpha value is -0.770. The Morgan fingerprint density at radius 3 is 2.50 bits per heavy atom. The highest BCUT2D eigenvalue weighted by Gasteiger charge is 2.30. The van der Waals surface area contributed by atoms with E-state index in [1.807, 2.05) is 0 Å². The molecule has 2 heterocycles. The third kappa shape index (κ3) is 2.79. The smallest absolute Gasteiger partial charge is 0.145 e. The Balaban J connectivity index is 0.00000120. The van der Waals surface area contributed by atoms with Crippen LogP contribution in [0.3, 0.4) is 0 Å². The third-order valence-electron chi connectivity index (χ3n) is 3.23. The Labute approximate surface area is 117 Å². The number of ether oxygens (including phenoxy) is 1. The van der Waals surface area contributed by atoms with Crippen molar-refractivity contribution in [1.82, 2.24) is 5.32 Å². The van der Waals surface area contributed by atoms with Crippen LogP contribution in [0.4, 0.5) is 4.39 Å². The molecule has 5 heteroatoms. The van der Waals surface area contributed by atoms with Gasteiger partial charge in [0.15, 0.2) is 0 Å². The number of piperidine rings is 1. The quantitative estimate of drug-likeness (QED) is 0.843. The summed E-state index contributed by atoms with van der Waals surface area (Å²) in [5.41, 5.74) is 0. The maximum Gasteiger partial charge on any atom is 0.145 e. The third-order valence-corrected chi connectivity index (χ3v) is 3.54. The van der Waals surface area contributed by atoms with E-state index >= 15 is 0 Å². The van der Waals surface area contributed by atoms with Crippen LogP contribution in [-0.2, 0) is 0 Å². The average molecular weight is 290 g/mol. The second-order valence-corrected chi connectivity index (χ2v) is 4.96. The van der Waals surface area contributed by atoms with Crippen molar-refractivity contribution in [3.8, 4) is 5.75 Å². The second kappa shape index (κ2) is 5.47. The fraction of sp³-hybridized carbons (Fsp3) is 0.385. The molecule has 0 radical (unpaired) electrons. The van der Waals surface area contributed by atoms with Crippen LogP contribution < -0.4 is 10.1 Å². The van der Waals surface area contributed by atoms with E-state index < -0.39 is 5.82 Å². The molecule has 1 fully saturated rings. The van der Waals surface area contributed by atoms with Crippen molar-refractivity contribution in [3.05, 3.63) is 41.2 Å². The SMILES string of the molecule is Cl.Fc1cc(O[C@@H]2C[C@H]3C=C[C@@H](C2)N3)ccc1Cl. The summed E-state index contributed by atoms with van der Waals surface area (Å²) in [5, 5.41) is 3.57. The minimum Gasteiger partial charge on any atom is -0.490 e. The standard InChI is InChI=1S/C13H13ClFNO.ClH/c14-12-4-3-10(7-13(12)15)17-11-5-8-1-2-9(6-11)16-8;/h1-4,7-9,11,16H,5-6H2;1H/t8-,9+,11-;. The summed E-state index contributed by atoms with van der Waals surface area (Å²) >= 11 is 5.63. The molecule has 0 aromatic heterocycles. The van der Waals surface area contributed by atoms with Crippen molar-refractivity contribution in [3.63, 3.8) is 0 Å². The molecule has 0 aliphatic carbocycles. The normalized spacial score (nSPS) is 28.9. The van der Waals surface area contributed by atoms with Crippen molar-refractivity contribution in [2.24, 2.45) is 0 Å². The van der Waals surface area contributed by atoms with E-state index in [4.69, 9.17) is 16.3 Å². The Morgan fingerprint density at radius 1 is 1.22 bits per heavy atom. The first-order chi connectivity index (χ1) is 8.20. The lowest BCUT2D eigenvalue weighted by Gasteiger charge is -2.29. The van der Waals surface area contributed by atoms with E-state index in [0.717, 1.165) is 12.8 Å². The number of hydrogen-bond acceptors (Lipinski definition) is 2. The summed E-state index contributed by atoms with van der Waals surface area (Å²) in [4.78, 5) is 0. The Kier molecular flexibility index (Phi) is 4.15. The zero-order valence-electron chi connectivity index (χ0n) is 9.61. The first-order valence-electron chi connectivity index (χ1n) is 5.77. The molecule has 18 heavy (non-hydrogen) atoms. The fourth-order valence-corrected chi connectivity index (χ4v) is 2.57. The second-order valence-electron chi connectivity index (χ2n) is 4.55. The van der Waals surface area contributed by atoms with E-state index in [1.54, 1.807) is 6.07 Å². The molecule has 0 amide bonds. The van der Waals surface area contributed by atoms with Gasteiger partial charge < -0.3 is 10.1 Å².